The van der Waals surface area contributed by atoms with Crippen molar-refractivity contribution in [2.45, 2.75) is 39.9 Å². The molecule has 0 aliphatic rings. The van der Waals surface area contributed by atoms with Crippen LogP contribution in [-0.4, -0.2) is 18.8 Å². The van der Waals surface area contributed by atoms with E-state index >= 15 is 0 Å². The molecule has 0 saturated heterocycles. The summed E-state index contributed by atoms with van der Waals surface area (Å²) >= 11 is 0. The molecule has 4 heteroatoms. The molecule has 0 spiro atoms. The SMILES string of the molecule is C=CCOP(OC(C)C)OC(C)C. The van der Waals surface area contributed by atoms with Gasteiger partial charge in [0.2, 0.25) is 0 Å². The maximum absolute atomic E-state index is 5.44. The van der Waals surface area contributed by atoms with E-state index in [-0.39, 0.29) is 12.2 Å². The lowest BCUT2D eigenvalue weighted by Crippen LogP contribution is -2.06. The Labute approximate surface area is 82.1 Å². The van der Waals surface area contributed by atoms with Gasteiger partial charge >= 0.3 is 8.60 Å². The van der Waals surface area contributed by atoms with E-state index in [2.05, 4.69) is 6.58 Å². The summed E-state index contributed by atoms with van der Waals surface area (Å²) in [5, 5.41) is 0. The largest absolute Gasteiger partial charge is 0.333 e. The van der Waals surface area contributed by atoms with Gasteiger partial charge in [0.1, 0.15) is 0 Å². The van der Waals surface area contributed by atoms with E-state index in [1.807, 2.05) is 27.7 Å². The summed E-state index contributed by atoms with van der Waals surface area (Å²) in [6, 6.07) is 0. The van der Waals surface area contributed by atoms with E-state index in [1.165, 1.54) is 0 Å². The van der Waals surface area contributed by atoms with Crippen molar-refractivity contribution in [2.75, 3.05) is 6.61 Å². The zero-order valence-electron chi connectivity index (χ0n) is 8.82. The highest BCUT2D eigenvalue weighted by Gasteiger charge is 2.15. The molecule has 0 N–H and O–H groups in total. The Morgan fingerprint density at radius 3 is 1.92 bits per heavy atom. The van der Waals surface area contributed by atoms with Gasteiger partial charge in [0.05, 0.1) is 18.8 Å². The first-order valence-electron chi connectivity index (χ1n) is 4.43. The summed E-state index contributed by atoms with van der Waals surface area (Å²) < 4.78 is 16.2. The summed E-state index contributed by atoms with van der Waals surface area (Å²) in [4.78, 5) is 0. The summed E-state index contributed by atoms with van der Waals surface area (Å²) in [5.41, 5.74) is 0. The summed E-state index contributed by atoms with van der Waals surface area (Å²) in [5.74, 6) is 0. The zero-order valence-corrected chi connectivity index (χ0v) is 9.71. The molecule has 0 saturated carbocycles. The lowest BCUT2D eigenvalue weighted by atomic mass is 10.5. The molecule has 13 heavy (non-hydrogen) atoms. The quantitative estimate of drug-likeness (QED) is 0.472. The van der Waals surface area contributed by atoms with E-state index < -0.39 is 8.60 Å². The van der Waals surface area contributed by atoms with Crippen molar-refractivity contribution in [3.05, 3.63) is 12.7 Å². The minimum Gasteiger partial charge on any atom is -0.309 e. The van der Waals surface area contributed by atoms with Crippen LogP contribution in [0.5, 0.6) is 0 Å². The van der Waals surface area contributed by atoms with Gasteiger partial charge in [0.25, 0.3) is 0 Å². The van der Waals surface area contributed by atoms with Gasteiger partial charge in [-0.3, -0.25) is 0 Å². The van der Waals surface area contributed by atoms with Crippen LogP contribution in [0.3, 0.4) is 0 Å². The molecular formula is C9H19O3P. The van der Waals surface area contributed by atoms with E-state index in [0.717, 1.165) is 0 Å². The molecule has 0 aromatic heterocycles. The van der Waals surface area contributed by atoms with E-state index in [1.54, 1.807) is 6.08 Å². The molecule has 3 nitrogen and oxygen atoms in total. The van der Waals surface area contributed by atoms with Crippen molar-refractivity contribution in [1.82, 2.24) is 0 Å². The van der Waals surface area contributed by atoms with Crippen LogP contribution in [0.4, 0.5) is 0 Å². The molecule has 0 bridgehead atoms. The van der Waals surface area contributed by atoms with Crippen molar-refractivity contribution in [1.29, 1.82) is 0 Å². The van der Waals surface area contributed by atoms with Gasteiger partial charge in [-0.05, 0) is 27.7 Å². The van der Waals surface area contributed by atoms with Crippen LogP contribution < -0.4 is 0 Å². The second-order valence-corrected chi connectivity index (χ2v) is 4.24. The Hall–Kier alpha value is 0.0500. The van der Waals surface area contributed by atoms with Crippen molar-refractivity contribution >= 4 is 8.60 Å². The van der Waals surface area contributed by atoms with Crippen LogP contribution in [-0.2, 0) is 13.6 Å². The molecule has 0 aliphatic heterocycles. The predicted molar refractivity (Wildman–Crippen MR) is 55.5 cm³/mol. The van der Waals surface area contributed by atoms with Gasteiger partial charge in [-0.2, -0.15) is 0 Å². The number of rotatable bonds is 7. The fourth-order valence-corrected chi connectivity index (χ4v) is 1.63. The third-order valence-corrected chi connectivity index (χ3v) is 2.44. The molecule has 0 atom stereocenters. The monoisotopic (exact) mass is 206 g/mol. The molecule has 0 unspecified atom stereocenters. The van der Waals surface area contributed by atoms with Crippen LogP contribution in [0, 0.1) is 0 Å². The summed E-state index contributed by atoms with van der Waals surface area (Å²) in [6.45, 7) is 11.8. The number of hydrogen-bond acceptors (Lipinski definition) is 3. The molecule has 78 valence electrons. The van der Waals surface area contributed by atoms with Gasteiger partial charge in [0, 0.05) is 0 Å². The lowest BCUT2D eigenvalue weighted by molar-refractivity contribution is 0.119. The molecule has 0 fully saturated rings. The normalized spacial score (nSPS) is 11.6. The summed E-state index contributed by atoms with van der Waals surface area (Å²) in [7, 11) is -1.22. The molecule has 0 rings (SSSR count). The second-order valence-electron chi connectivity index (χ2n) is 3.12. The minimum absolute atomic E-state index is 0.120. The van der Waals surface area contributed by atoms with Gasteiger partial charge in [-0.15, -0.1) is 6.58 Å². The van der Waals surface area contributed by atoms with Crippen molar-refractivity contribution in [3.8, 4) is 0 Å². The molecular weight excluding hydrogens is 187 g/mol. The molecule has 0 heterocycles. The van der Waals surface area contributed by atoms with E-state index in [4.69, 9.17) is 13.6 Å². The predicted octanol–water partition coefficient (Wildman–Crippen LogP) is 3.27. The highest BCUT2D eigenvalue weighted by atomic mass is 31.2. The molecule has 0 radical (unpaired) electrons. The Morgan fingerprint density at radius 2 is 1.62 bits per heavy atom. The van der Waals surface area contributed by atoms with Crippen molar-refractivity contribution in [2.24, 2.45) is 0 Å². The van der Waals surface area contributed by atoms with Crippen molar-refractivity contribution < 1.29 is 13.6 Å². The lowest BCUT2D eigenvalue weighted by Gasteiger charge is -2.19. The maximum atomic E-state index is 5.44. The highest BCUT2D eigenvalue weighted by molar-refractivity contribution is 7.41. The van der Waals surface area contributed by atoms with Crippen LogP contribution in [0.2, 0.25) is 0 Å². The highest BCUT2D eigenvalue weighted by Crippen LogP contribution is 2.42. The van der Waals surface area contributed by atoms with Gasteiger partial charge in [-0.25, -0.2) is 0 Å². The maximum Gasteiger partial charge on any atom is 0.333 e. The Morgan fingerprint density at radius 1 is 1.15 bits per heavy atom. The van der Waals surface area contributed by atoms with Gasteiger partial charge in [-0.1, -0.05) is 6.08 Å². The molecule has 0 aromatic carbocycles. The Bertz CT molecular complexity index is 127. The van der Waals surface area contributed by atoms with E-state index in [9.17, 15) is 0 Å². The van der Waals surface area contributed by atoms with E-state index in [0.29, 0.717) is 6.61 Å². The number of hydrogen-bond donors (Lipinski definition) is 0. The molecule has 0 amide bonds. The third kappa shape index (κ3) is 8.38. The Balaban J connectivity index is 3.79. The molecule has 0 aliphatic carbocycles. The first-order valence-corrected chi connectivity index (χ1v) is 5.53. The van der Waals surface area contributed by atoms with Crippen LogP contribution in [0.25, 0.3) is 0 Å². The Kier molecular flexibility index (Phi) is 7.48. The first kappa shape index (κ1) is 13.1. The second kappa shape index (κ2) is 7.45. The zero-order chi connectivity index (χ0) is 10.3. The average molecular weight is 206 g/mol. The smallest absolute Gasteiger partial charge is 0.309 e. The fraction of sp³-hybridized carbons (Fsp3) is 0.778. The standard InChI is InChI=1S/C9H19O3P/c1-6-7-10-13(11-8(2)3)12-9(4)5/h6,8-9H,1,7H2,2-5H3. The average Bonchev–Trinajstić information content (AvgIpc) is 1.98. The van der Waals surface area contributed by atoms with Gasteiger partial charge < -0.3 is 13.6 Å². The van der Waals surface area contributed by atoms with Crippen LogP contribution >= 0.6 is 8.60 Å². The topological polar surface area (TPSA) is 27.7 Å². The minimum atomic E-state index is -1.22. The van der Waals surface area contributed by atoms with Gasteiger partial charge in [0.15, 0.2) is 0 Å². The van der Waals surface area contributed by atoms with Crippen LogP contribution in [0.15, 0.2) is 12.7 Å². The third-order valence-electron chi connectivity index (χ3n) is 0.892. The first-order chi connectivity index (χ1) is 6.06. The van der Waals surface area contributed by atoms with Crippen molar-refractivity contribution in [3.63, 3.8) is 0 Å². The van der Waals surface area contributed by atoms with Crippen LogP contribution in [0.1, 0.15) is 27.7 Å². The molecule has 0 aromatic rings. The fourth-order valence-electron chi connectivity index (χ4n) is 0.544. The summed E-state index contributed by atoms with van der Waals surface area (Å²) in [6.07, 6.45) is 1.92.